The van der Waals surface area contributed by atoms with Crippen LogP contribution in [0.1, 0.15) is 10.7 Å². The first kappa shape index (κ1) is 15.7. The van der Waals surface area contributed by atoms with E-state index in [1.165, 1.54) is 22.7 Å². The molecule has 0 atom stereocenters. The summed E-state index contributed by atoms with van der Waals surface area (Å²) in [6, 6.07) is 0. The fraction of sp³-hybridized carbons (Fsp3) is 0.417. The number of carboxylic acid groups (broad SMARTS) is 1. The molecule has 1 N–H and O–H groups in total. The number of amides is 1. The van der Waals surface area contributed by atoms with Crippen molar-refractivity contribution in [2.75, 3.05) is 18.8 Å². The molecule has 5 nitrogen and oxygen atoms in total. The Morgan fingerprint density at radius 1 is 1.63 bits per heavy atom. The van der Waals surface area contributed by atoms with Crippen molar-refractivity contribution in [3.8, 4) is 0 Å². The van der Waals surface area contributed by atoms with Crippen LogP contribution in [0.3, 0.4) is 0 Å². The number of hydrogen-bond donors (Lipinski definition) is 1. The molecule has 0 aliphatic heterocycles. The lowest BCUT2D eigenvalue weighted by Crippen LogP contribution is -2.36. The minimum atomic E-state index is -1.02. The molecule has 1 aromatic rings. The van der Waals surface area contributed by atoms with Gasteiger partial charge in [0, 0.05) is 17.7 Å². The predicted octanol–water partition coefficient (Wildman–Crippen LogP) is 1.78. The average Bonchev–Trinajstić information content (AvgIpc) is 2.74. The molecule has 1 rings (SSSR count). The van der Waals surface area contributed by atoms with Gasteiger partial charge >= 0.3 is 5.97 Å². The van der Waals surface area contributed by atoms with E-state index < -0.39 is 5.97 Å². The minimum Gasteiger partial charge on any atom is -0.480 e. The van der Waals surface area contributed by atoms with Gasteiger partial charge in [-0.05, 0) is 6.92 Å². The van der Waals surface area contributed by atoms with Crippen LogP contribution in [-0.2, 0) is 15.3 Å². The first-order chi connectivity index (χ1) is 9.02. The van der Waals surface area contributed by atoms with E-state index in [-0.39, 0.29) is 24.7 Å². The molecule has 0 aromatic carbocycles. The summed E-state index contributed by atoms with van der Waals surface area (Å²) in [5.74, 6) is -0.308. The summed E-state index contributed by atoms with van der Waals surface area (Å²) in [7, 11) is 0. The lowest BCUT2D eigenvalue weighted by molar-refractivity contribution is -0.143. The van der Waals surface area contributed by atoms with Crippen molar-refractivity contribution in [3.05, 3.63) is 28.7 Å². The fourth-order valence-corrected chi connectivity index (χ4v) is 2.92. The van der Waals surface area contributed by atoms with Gasteiger partial charge in [-0.3, -0.25) is 9.59 Å². The highest BCUT2D eigenvalue weighted by atomic mass is 32.2. The molecule has 0 saturated heterocycles. The van der Waals surface area contributed by atoms with Crippen LogP contribution in [0.4, 0.5) is 0 Å². The zero-order chi connectivity index (χ0) is 14.3. The van der Waals surface area contributed by atoms with Gasteiger partial charge in [0.05, 0.1) is 16.5 Å². The van der Waals surface area contributed by atoms with Gasteiger partial charge in [-0.25, -0.2) is 4.98 Å². The molecule has 0 saturated carbocycles. The normalized spacial score (nSPS) is 10.2. The van der Waals surface area contributed by atoms with Crippen LogP contribution in [-0.4, -0.2) is 45.7 Å². The molecule has 1 aromatic heterocycles. The maximum absolute atomic E-state index is 11.8. The molecule has 0 fully saturated rings. The molecular formula is C12H16N2O3S2. The Morgan fingerprint density at radius 3 is 2.89 bits per heavy atom. The van der Waals surface area contributed by atoms with Crippen molar-refractivity contribution >= 4 is 35.0 Å². The largest absolute Gasteiger partial charge is 0.480 e. The summed E-state index contributed by atoms with van der Waals surface area (Å²) < 4.78 is 0. The number of carbonyl (C=O) groups excluding carboxylic acids is 1. The molecule has 19 heavy (non-hydrogen) atoms. The first-order valence-electron chi connectivity index (χ1n) is 5.62. The second-order valence-corrected chi connectivity index (χ2v) is 5.86. The van der Waals surface area contributed by atoms with E-state index in [1.807, 2.05) is 12.3 Å². The van der Waals surface area contributed by atoms with Crippen LogP contribution in [0.5, 0.6) is 0 Å². The molecule has 0 aliphatic rings. The molecule has 0 radical (unpaired) electrons. The third kappa shape index (κ3) is 5.89. The smallest absolute Gasteiger partial charge is 0.323 e. The van der Waals surface area contributed by atoms with Crippen molar-refractivity contribution in [1.29, 1.82) is 0 Å². The average molecular weight is 300 g/mol. The highest BCUT2D eigenvalue weighted by molar-refractivity contribution is 7.99. The number of hydrogen-bond acceptors (Lipinski definition) is 5. The van der Waals surface area contributed by atoms with Gasteiger partial charge < -0.3 is 10.0 Å². The third-order valence-electron chi connectivity index (χ3n) is 2.17. The summed E-state index contributed by atoms with van der Waals surface area (Å²) in [4.78, 5) is 28.1. The van der Waals surface area contributed by atoms with Crippen LogP contribution < -0.4 is 0 Å². The topological polar surface area (TPSA) is 70.5 Å². The summed E-state index contributed by atoms with van der Waals surface area (Å²) in [6.45, 7) is 5.41. The number of aryl methyl sites for hydroxylation is 1. The maximum atomic E-state index is 11.8. The lowest BCUT2D eigenvalue weighted by Gasteiger charge is -2.18. The Balaban J connectivity index is 2.39. The Bertz CT molecular complexity index is 460. The Hall–Kier alpha value is -1.34. The second kappa shape index (κ2) is 7.96. The van der Waals surface area contributed by atoms with Crippen molar-refractivity contribution in [3.63, 3.8) is 0 Å². The zero-order valence-corrected chi connectivity index (χ0v) is 12.3. The molecule has 104 valence electrons. The van der Waals surface area contributed by atoms with Gasteiger partial charge in [0.15, 0.2) is 0 Å². The molecule has 0 aliphatic carbocycles. The summed E-state index contributed by atoms with van der Waals surface area (Å²) in [5, 5.41) is 11.7. The Kier molecular flexibility index (Phi) is 6.58. The quantitative estimate of drug-likeness (QED) is 0.741. The van der Waals surface area contributed by atoms with E-state index in [2.05, 4.69) is 11.6 Å². The van der Waals surface area contributed by atoms with Crippen molar-refractivity contribution in [2.24, 2.45) is 0 Å². The molecule has 1 heterocycles. The second-order valence-electron chi connectivity index (χ2n) is 3.81. The standard InChI is InChI=1S/C12H16N2O3S2/c1-3-4-14(5-12(16)17)11(15)8-18-6-10-7-19-9(2)13-10/h3,7H,1,4-6,8H2,2H3,(H,16,17). The number of aliphatic carboxylic acids is 1. The Morgan fingerprint density at radius 2 is 2.37 bits per heavy atom. The first-order valence-corrected chi connectivity index (χ1v) is 7.65. The summed E-state index contributed by atoms with van der Waals surface area (Å²) >= 11 is 3.01. The number of carbonyl (C=O) groups is 2. The van der Waals surface area contributed by atoms with Crippen LogP contribution in [0.25, 0.3) is 0 Å². The van der Waals surface area contributed by atoms with E-state index in [0.29, 0.717) is 5.75 Å². The molecule has 0 unspecified atom stereocenters. The number of thiazole rings is 1. The van der Waals surface area contributed by atoms with Gasteiger partial charge in [-0.2, -0.15) is 0 Å². The van der Waals surface area contributed by atoms with E-state index in [4.69, 9.17) is 5.11 Å². The number of carboxylic acids is 1. The van der Waals surface area contributed by atoms with Crippen molar-refractivity contribution in [1.82, 2.24) is 9.88 Å². The highest BCUT2D eigenvalue weighted by Gasteiger charge is 2.15. The number of nitrogens with zero attached hydrogens (tertiary/aromatic N) is 2. The predicted molar refractivity (Wildman–Crippen MR) is 77.4 cm³/mol. The number of rotatable bonds is 8. The molecule has 0 bridgehead atoms. The third-order valence-corrected chi connectivity index (χ3v) is 3.94. The minimum absolute atomic E-state index is 0.195. The Labute approximate surface area is 120 Å². The van der Waals surface area contributed by atoms with Crippen molar-refractivity contribution < 1.29 is 14.7 Å². The van der Waals surface area contributed by atoms with E-state index in [1.54, 1.807) is 11.3 Å². The van der Waals surface area contributed by atoms with Crippen LogP contribution >= 0.6 is 23.1 Å². The van der Waals surface area contributed by atoms with Gasteiger partial charge in [0.25, 0.3) is 0 Å². The lowest BCUT2D eigenvalue weighted by atomic mass is 10.4. The van der Waals surface area contributed by atoms with E-state index in [0.717, 1.165) is 10.7 Å². The van der Waals surface area contributed by atoms with Gasteiger partial charge in [-0.1, -0.05) is 6.08 Å². The molecule has 0 spiro atoms. The number of aromatic nitrogens is 1. The molecule has 7 heteroatoms. The maximum Gasteiger partial charge on any atom is 0.323 e. The zero-order valence-electron chi connectivity index (χ0n) is 10.7. The highest BCUT2D eigenvalue weighted by Crippen LogP contribution is 2.15. The van der Waals surface area contributed by atoms with Gasteiger partial charge in [0.2, 0.25) is 5.91 Å². The number of thioether (sulfide) groups is 1. The molecular weight excluding hydrogens is 284 g/mol. The van der Waals surface area contributed by atoms with Crippen LogP contribution in [0.15, 0.2) is 18.0 Å². The van der Waals surface area contributed by atoms with E-state index in [9.17, 15) is 9.59 Å². The SMILES string of the molecule is C=CCN(CC(=O)O)C(=O)CSCc1csc(C)n1. The van der Waals surface area contributed by atoms with Gasteiger partial charge in [-0.15, -0.1) is 29.7 Å². The van der Waals surface area contributed by atoms with Crippen LogP contribution in [0, 0.1) is 6.92 Å². The van der Waals surface area contributed by atoms with Crippen LogP contribution in [0.2, 0.25) is 0 Å². The fourth-order valence-electron chi connectivity index (χ4n) is 1.38. The van der Waals surface area contributed by atoms with E-state index >= 15 is 0 Å². The van der Waals surface area contributed by atoms with Gasteiger partial charge in [0.1, 0.15) is 6.54 Å². The summed E-state index contributed by atoms with van der Waals surface area (Å²) in [5.41, 5.74) is 0.953. The molecule has 1 amide bonds. The monoisotopic (exact) mass is 300 g/mol. The van der Waals surface area contributed by atoms with Crippen molar-refractivity contribution in [2.45, 2.75) is 12.7 Å². The summed E-state index contributed by atoms with van der Waals surface area (Å²) in [6.07, 6.45) is 1.52.